The summed E-state index contributed by atoms with van der Waals surface area (Å²) in [6.45, 7) is 2.05. The van der Waals surface area contributed by atoms with Crippen LogP contribution in [0.25, 0.3) is 11.2 Å². The quantitative estimate of drug-likeness (QED) is 0.685. The molecule has 3 aromatic rings. The van der Waals surface area contributed by atoms with Crippen LogP contribution in [0, 0.1) is 11.7 Å². The molecule has 4 rings (SSSR count). The Labute approximate surface area is 128 Å². The summed E-state index contributed by atoms with van der Waals surface area (Å²) >= 11 is 5.54. The number of fused-ring (bicyclic) bond motifs is 2. The molecule has 1 aromatic carbocycles. The van der Waals surface area contributed by atoms with E-state index in [-0.39, 0.29) is 0 Å². The average molecular weight is 295 g/mol. The van der Waals surface area contributed by atoms with Crippen molar-refractivity contribution in [1.29, 1.82) is 0 Å². The molecule has 4 heteroatoms. The Morgan fingerprint density at radius 2 is 2.10 bits per heavy atom. The number of hydrogen-bond donors (Lipinski definition) is 1. The van der Waals surface area contributed by atoms with E-state index in [1.807, 2.05) is 6.20 Å². The van der Waals surface area contributed by atoms with Gasteiger partial charge < -0.3 is 4.98 Å². The number of nitrogens with one attached hydrogen (secondary N) is 1. The Hall–Kier alpha value is -1.94. The van der Waals surface area contributed by atoms with Gasteiger partial charge in [-0.1, -0.05) is 24.3 Å². The van der Waals surface area contributed by atoms with Gasteiger partial charge in [-0.3, -0.25) is 4.57 Å². The number of imidazole rings is 1. The lowest BCUT2D eigenvalue weighted by Gasteiger charge is -2.25. The van der Waals surface area contributed by atoms with Crippen molar-refractivity contribution < 1.29 is 0 Å². The first-order valence-corrected chi connectivity index (χ1v) is 7.77. The first kappa shape index (κ1) is 12.8. The number of aromatic amines is 1. The first-order chi connectivity index (χ1) is 10.2. The van der Waals surface area contributed by atoms with Crippen molar-refractivity contribution >= 4 is 23.4 Å². The van der Waals surface area contributed by atoms with E-state index in [2.05, 4.69) is 51.8 Å². The third kappa shape index (κ3) is 2.10. The summed E-state index contributed by atoms with van der Waals surface area (Å²) in [6.07, 6.45) is 5.18. The number of hydrogen-bond acceptors (Lipinski definition) is 2. The molecule has 1 N–H and O–H groups in total. The summed E-state index contributed by atoms with van der Waals surface area (Å²) in [4.78, 5) is 7.90. The molecule has 1 aliphatic rings. The normalized spacial score (nSPS) is 17.9. The number of benzene rings is 1. The van der Waals surface area contributed by atoms with Crippen molar-refractivity contribution in [3.05, 3.63) is 58.0 Å². The maximum absolute atomic E-state index is 5.54. The van der Waals surface area contributed by atoms with E-state index in [0.29, 0.717) is 6.04 Å². The Morgan fingerprint density at radius 1 is 1.29 bits per heavy atom. The van der Waals surface area contributed by atoms with Gasteiger partial charge >= 0.3 is 0 Å². The minimum absolute atomic E-state index is 0.399. The third-order valence-corrected chi connectivity index (χ3v) is 4.68. The molecule has 21 heavy (non-hydrogen) atoms. The zero-order valence-corrected chi connectivity index (χ0v) is 12.8. The predicted octanol–water partition coefficient (Wildman–Crippen LogP) is 4.13. The lowest BCUT2D eigenvalue weighted by molar-refractivity contribution is 0.446. The molecule has 106 valence electrons. The van der Waals surface area contributed by atoms with E-state index in [4.69, 9.17) is 12.2 Å². The summed E-state index contributed by atoms with van der Waals surface area (Å²) in [5.41, 5.74) is 6.09. The molecule has 2 heterocycles. The Kier molecular flexibility index (Phi) is 2.93. The molecule has 0 fully saturated rings. The van der Waals surface area contributed by atoms with Gasteiger partial charge in [0.05, 0.1) is 5.52 Å². The van der Waals surface area contributed by atoms with Crippen molar-refractivity contribution in [2.45, 2.75) is 32.2 Å². The van der Waals surface area contributed by atoms with Crippen LogP contribution in [0.2, 0.25) is 0 Å². The highest BCUT2D eigenvalue weighted by Crippen LogP contribution is 2.31. The van der Waals surface area contributed by atoms with Crippen molar-refractivity contribution in [2.75, 3.05) is 0 Å². The average Bonchev–Trinajstić information content (AvgIpc) is 2.81. The summed E-state index contributed by atoms with van der Waals surface area (Å²) in [6, 6.07) is 11.2. The molecular weight excluding hydrogens is 278 g/mol. The standard InChI is InChI=1S/C17H17N3S/c1-11-8-15-16(18-10-11)20(17(21)19-15)14-7-6-12-4-2-3-5-13(12)9-14/h2-5,8,10,14H,6-7,9H2,1H3,(H,19,21). The van der Waals surface area contributed by atoms with Crippen molar-refractivity contribution in [3.63, 3.8) is 0 Å². The molecule has 0 saturated heterocycles. The highest BCUT2D eigenvalue weighted by atomic mass is 32.1. The minimum atomic E-state index is 0.399. The van der Waals surface area contributed by atoms with E-state index >= 15 is 0 Å². The summed E-state index contributed by atoms with van der Waals surface area (Å²) < 4.78 is 2.99. The summed E-state index contributed by atoms with van der Waals surface area (Å²) in [5.74, 6) is 0. The smallest absolute Gasteiger partial charge is 0.179 e. The molecule has 0 saturated carbocycles. The topological polar surface area (TPSA) is 33.6 Å². The van der Waals surface area contributed by atoms with Crippen molar-refractivity contribution in [3.8, 4) is 0 Å². The van der Waals surface area contributed by atoms with Crippen LogP contribution in [-0.2, 0) is 12.8 Å². The van der Waals surface area contributed by atoms with Crippen LogP contribution in [-0.4, -0.2) is 14.5 Å². The van der Waals surface area contributed by atoms with E-state index in [1.165, 1.54) is 11.1 Å². The fraction of sp³-hybridized carbons (Fsp3) is 0.294. The first-order valence-electron chi connectivity index (χ1n) is 7.36. The highest BCUT2D eigenvalue weighted by molar-refractivity contribution is 7.71. The van der Waals surface area contributed by atoms with E-state index in [0.717, 1.165) is 40.8 Å². The molecule has 3 nitrogen and oxygen atoms in total. The molecule has 1 aliphatic carbocycles. The Balaban J connectivity index is 1.81. The SMILES string of the molecule is Cc1cnc2c(c1)[nH]c(=S)n2C1CCc2ccccc2C1. The summed E-state index contributed by atoms with van der Waals surface area (Å²) in [7, 11) is 0. The van der Waals surface area contributed by atoms with Crippen LogP contribution in [0.5, 0.6) is 0 Å². The molecule has 0 radical (unpaired) electrons. The number of rotatable bonds is 1. The lowest BCUT2D eigenvalue weighted by atomic mass is 9.88. The second-order valence-corrected chi connectivity index (χ2v) is 6.24. The van der Waals surface area contributed by atoms with Crippen LogP contribution in [0.15, 0.2) is 36.5 Å². The van der Waals surface area contributed by atoms with Crippen LogP contribution in [0.4, 0.5) is 0 Å². The number of nitrogens with zero attached hydrogens (tertiary/aromatic N) is 2. The van der Waals surface area contributed by atoms with Gasteiger partial charge in [0.25, 0.3) is 0 Å². The Morgan fingerprint density at radius 3 is 2.95 bits per heavy atom. The molecule has 0 aliphatic heterocycles. The number of pyridine rings is 1. The summed E-state index contributed by atoms with van der Waals surface area (Å²) in [5, 5.41) is 0. The van der Waals surface area contributed by atoms with E-state index in [1.54, 1.807) is 0 Å². The molecule has 0 bridgehead atoms. The number of aromatic nitrogens is 3. The lowest BCUT2D eigenvalue weighted by Crippen LogP contribution is -2.19. The zero-order valence-electron chi connectivity index (χ0n) is 12.0. The van der Waals surface area contributed by atoms with Gasteiger partial charge in [-0.25, -0.2) is 4.98 Å². The molecule has 1 atom stereocenters. The molecule has 0 amide bonds. The van der Waals surface area contributed by atoms with Crippen molar-refractivity contribution in [2.24, 2.45) is 0 Å². The fourth-order valence-corrected chi connectivity index (χ4v) is 3.70. The number of aryl methyl sites for hydroxylation is 2. The molecule has 0 spiro atoms. The Bertz CT molecular complexity index is 875. The highest BCUT2D eigenvalue weighted by Gasteiger charge is 2.22. The number of H-pyrrole nitrogens is 1. The maximum atomic E-state index is 5.54. The van der Waals surface area contributed by atoms with Crippen LogP contribution < -0.4 is 0 Å². The van der Waals surface area contributed by atoms with Gasteiger partial charge in [0.15, 0.2) is 10.4 Å². The van der Waals surface area contributed by atoms with Gasteiger partial charge in [-0.05, 0) is 61.2 Å². The van der Waals surface area contributed by atoms with Crippen LogP contribution in [0.3, 0.4) is 0 Å². The van der Waals surface area contributed by atoms with Gasteiger partial charge in [0, 0.05) is 12.2 Å². The third-order valence-electron chi connectivity index (χ3n) is 4.38. The van der Waals surface area contributed by atoms with Crippen LogP contribution >= 0.6 is 12.2 Å². The van der Waals surface area contributed by atoms with Crippen molar-refractivity contribution in [1.82, 2.24) is 14.5 Å². The van der Waals surface area contributed by atoms with E-state index in [9.17, 15) is 0 Å². The monoisotopic (exact) mass is 295 g/mol. The van der Waals surface area contributed by atoms with Gasteiger partial charge in [-0.2, -0.15) is 0 Å². The fourth-order valence-electron chi connectivity index (χ4n) is 3.36. The van der Waals surface area contributed by atoms with E-state index < -0.39 is 0 Å². The van der Waals surface area contributed by atoms with Gasteiger partial charge in [-0.15, -0.1) is 0 Å². The zero-order chi connectivity index (χ0) is 14.4. The maximum Gasteiger partial charge on any atom is 0.179 e. The molecule has 2 aromatic heterocycles. The second kappa shape index (κ2) is 4.81. The van der Waals surface area contributed by atoms with Gasteiger partial charge in [0.2, 0.25) is 0 Å². The largest absolute Gasteiger partial charge is 0.329 e. The molecular formula is C17H17N3S. The van der Waals surface area contributed by atoms with Gasteiger partial charge in [0.1, 0.15) is 0 Å². The predicted molar refractivity (Wildman–Crippen MR) is 87.2 cm³/mol. The molecule has 1 unspecified atom stereocenters. The minimum Gasteiger partial charge on any atom is -0.329 e. The van der Waals surface area contributed by atoms with Crippen LogP contribution in [0.1, 0.15) is 29.2 Å². The second-order valence-electron chi connectivity index (χ2n) is 5.85.